The smallest absolute Gasteiger partial charge is 0.311 e. The van der Waals surface area contributed by atoms with Crippen LogP contribution in [0.2, 0.25) is 0 Å². The number of nitrogens with one attached hydrogen (secondary N) is 1. The standard InChI is InChI=1S/C14H17N3O3/c1-3-14(2,9-18)16-13-10-6-4-5-7-11(10)15-8-12(13)17(19)20/h4-8,18H,3,9H2,1-2H3,(H,15,16). The van der Waals surface area contributed by atoms with E-state index < -0.39 is 10.5 Å². The van der Waals surface area contributed by atoms with E-state index in [4.69, 9.17) is 0 Å². The summed E-state index contributed by atoms with van der Waals surface area (Å²) in [4.78, 5) is 14.8. The second-order valence-electron chi connectivity index (χ2n) is 4.99. The Morgan fingerprint density at radius 2 is 2.15 bits per heavy atom. The zero-order valence-corrected chi connectivity index (χ0v) is 11.5. The number of rotatable bonds is 5. The van der Waals surface area contributed by atoms with Crippen LogP contribution in [0.1, 0.15) is 20.3 Å². The Kier molecular flexibility index (Phi) is 3.85. The minimum absolute atomic E-state index is 0.0863. The normalized spacial score (nSPS) is 13.9. The van der Waals surface area contributed by atoms with Crippen LogP contribution in [0.4, 0.5) is 11.4 Å². The van der Waals surface area contributed by atoms with Crippen LogP contribution in [0.25, 0.3) is 10.9 Å². The Hall–Kier alpha value is -2.21. The van der Waals surface area contributed by atoms with Crippen LogP contribution in [0.3, 0.4) is 0 Å². The molecule has 0 saturated heterocycles. The first-order valence-corrected chi connectivity index (χ1v) is 6.42. The van der Waals surface area contributed by atoms with Gasteiger partial charge in [-0.15, -0.1) is 0 Å². The summed E-state index contributed by atoms with van der Waals surface area (Å²) in [6.45, 7) is 3.63. The van der Waals surface area contributed by atoms with Crippen LogP contribution in [-0.2, 0) is 0 Å². The van der Waals surface area contributed by atoms with Crippen molar-refractivity contribution in [3.05, 3.63) is 40.6 Å². The molecule has 106 valence electrons. The lowest BCUT2D eigenvalue weighted by Gasteiger charge is -2.28. The molecule has 2 aromatic rings. The van der Waals surface area contributed by atoms with Gasteiger partial charge >= 0.3 is 5.69 Å². The van der Waals surface area contributed by atoms with Crippen molar-refractivity contribution in [2.45, 2.75) is 25.8 Å². The molecule has 0 amide bonds. The van der Waals surface area contributed by atoms with E-state index in [0.29, 0.717) is 23.0 Å². The zero-order valence-electron chi connectivity index (χ0n) is 11.5. The fourth-order valence-corrected chi connectivity index (χ4v) is 1.94. The molecule has 6 heteroatoms. The number of nitro groups is 1. The molecular weight excluding hydrogens is 258 g/mol. The van der Waals surface area contributed by atoms with Gasteiger partial charge in [-0.25, -0.2) is 4.98 Å². The number of aliphatic hydroxyl groups is 1. The molecule has 1 aromatic carbocycles. The summed E-state index contributed by atoms with van der Waals surface area (Å²) in [7, 11) is 0. The van der Waals surface area contributed by atoms with Crippen LogP contribution in [-0.4, -0.2) is 27.2 Å². The van der Waals surface area contributed by atoms with E-state index >= 15 is 0 Å². The number of pyridine rings is 1. The largest absolute Gasteiger partial charge is 0.394 e. The van der Waals surface area contributed by atoms with E-state index in [1.807, 2.05) is 19.9 Å². The molecule has 6 nitrogen and oxygen atoms in total. The topological polar surface area (TPSA) is 88.3 Å². The fraction of sp³-hybridized carbons (Fsp3) is 0.357. The van der Waals surface area contributed by atoms with Gasteiger partial charge in [-0.1, -0.05) is 25.1 Å². The summed E-state index contributed by atoms with van der Waals surface area (Å²) in [5.74, 6) is 0. The molecule has 0 aliphatic heterocycles. The lowest BCUT2D eigenvalue weighted by atomic mass is 9.99. The molecule has 2 rings (SSSR count). The summed E-state index contributed by atoms with van der Waals surface area (Å²) < 4.78 is 0. The second kappa shape index (κ2) is 5.42. The van der Waals surface area contributed by atoms with Crippen LogP contribution >= 0.6 is 0 Å². The molecule has 2 N–H and O–H groups in total. The van der Waals surface area contributed by atoms with Crippen molar-refractivity contribution in [2.75, 3.05) is 11.9 Å². The maximum atomic E-state index is 11.2. The lowest BCUT2D eigenvalue weighted by molar-refractivity contribution is -0.384. The molecule has 0 bridgehead atoms. The number of para-hydroxylation sites is 1. The van der Waals surface area contributed by atoms with Gasteiger partial charge in [-0.3, -0.25) is 10.1 Å². The third-order valence-electron chi connectivity index (χ3n) is 3.51. The highest BCUT2D eigenvalue weighted by atomic mass is 16.6. The van der Waals surface area contributed by atoms with Crippen LogP contribution in [0.15, 0.2) is 30.5 Å². The maximum absolute atomic E-state index is 11.2. The monoisotopic (exact) mass is 275 g/mol. The predicted molar refractivity (Wildman–Crippen MR) is 77.8 cm³/mol. The van der Waals surface area contributed by atoms with E-state index in [2.05, 4.69) is 10.3 Å². The number of hydrogen-bond donors (Lipinski definition) is 2. The number of fused-ring (bicyclic) bond motifs is 1. The average molecular weight is 275 g/mol. The Bertz CT molecular complexity index is 639. The van der Waals surface area contributed by atoms with Crippen molar-refractivity contribution in [3.8, 4) is 0 Å². The number of hydrogen-bond acceptors (Lipinski definition) is 5. The third-order valence-corrected chi connectivity index (χ3v) is 3.51. The lowest BCUT2D eigenvalue weighted by Crippen LogP contribution is -2.38. The first kappa shape index (κ1) is 14.2. The molecular formula is C14H17N3O3. The van der Waals surface area contributed by atoms with Crippen molar-refractivity contribution in [3.63, 3.8) is 0 Å². The average Bonchev–Trinajstić information content (AvgIpc) is 2.47. The maximum Gasteiger partial charge on any atom is 0.311 e. The molecule has 1 atom stereocenters. The van der Waals surface area contributed by atoms with E-state index in [1.165, 1.54) is 6.20 Å². The SMILES string of the molecule is CCC(C)(CO)Nc1c([N+](=O)[O-])cnc2ccccc12. The van der Waals surface area contributed by atoms with Gasteiger partial charge in [-0.2, -0.15) is 0 Å². The molecule has 1 aromatic heterocycles. The molecule has 0 fully saturated rings. The van der Waals surface area contributed by atoms with Gasteiger partial charge in [0.25, 0.3) is 0 Å². The highest BCUT2D eigenvalue weighted by Crippen LogP contribution is 2.34. The summed E-state index contributed by atoms with van der Waals surface area (Å²) in [6.07, 6.45) is 1.88. The molecule has 20 heavy (non-hydrogen) atoms. The molecule has 1 heterocycles. The number of nitrogens with zero attached hydrogens (tertiary/aromatic N) is 2. The quantitative estimate of drug-likeness (QED) is 0.647. The van der Waals surface area contributed by atoms with Gasteiger partial charge in [0.05, 0.1) is 22.6 Å². The molecule has 1 unspecified atom stereocenters. The number of anilines is 1. The predicted octanol–water partition coefficient (Wildman–Crippen LogP) is 2.72. The van der Waals surface area contributed by atoms with Gasteiger partial charge in [0.15, 0.2) is 0 Å². The molecule has 0 spiro atoms. The van der Waals surface area contributed by atoms with Crippen molar-refractivity contribution >= 4 is 22.3 Å². The van der Waals surface area contributed by atoms with E-state index in [9.17, 15) is 15.2 Å². The molecule has 0 aliphatic carbocycles. The number of aromatic nitrogens is 1. The Morgan fingerprint density at radius 3 is 2.75 bits per heavy atom. The first-order valence-electron chi connectivity index (χ1n) is 6.42. The van der Waals surface area contributed by atoms with Gasteiger partial charge in [-0.05, 0) is 19.4 Å². The summed E-state index contributed by atoms with van der Waals surface area (Å²) in [5.41, 5.74) is 0.377. The molecule has 0 radical (unpaired) electrons. The minimum Gasteiger partial charge on any atom is -0.394 e. The third kappa shape index (κ3) is 2.55. The number of benzene rings is 1. The van der Waals surface area contributed by atoms with Gasteiger partial charge in [0.2, 0.25) is 0 Å². The van der Waals surface area contributed by atoms with Gasteiger partial charge < -0.3 is 10.4 Å². The highest BCUT2D eigenvalue weighted by Gasteiger charge is 2.26. The second-order valence-corrected chi connectivity index (χ2v) is 4.99. The minimum atomic E-state index is -0.616. The Morgan fingerprint density at radius 1 is 1.45 bits per heavy atom. The molecule has 0 saturated carbocycles. The Labute approximate surface area is 116 Å². The van der Waals surface area contributed by atoms with Crippen molar-refractivity contribution in [1.29, 1.82) is 0 Å². The van der Waals surface area contributed by atoms with Crippen LogP contribution < -0.4 is 5.32 Å². The van der Waals surface area contributed by atoms with E-state index in [1.54, 1.807) is 18.2 Å². The highest BCUT2D eigenvalue weighted by molar-refractivity contribution is 5.95. The summed E-state index contributed by atoms with van der Waals surface area (Å²) in [6, 6.07) is 7.22. The zero-order chi connectivity index (χ0) is 14.8. The van der Waals surface area contributed by atoms with Crippen molar-refractivity contribution < 1.29 is 10.0 Å². The number of aliphatic hydroxyl groups excluding tert-OH is 1. The van der Waals surface area contributed by atoms with Gasteiger partial charge in [0.1, 0.15) is 11.9 Å². The summed E-state index contributed by atoms with van der Waals surface area (Å²) in [5, 5.41) is 24.5. The van der Waals surface area contributed by atoms with Crippen LogP contribution in [0.5, 0.6) is 0 Å². The van der Waals surface area contributed by atoms with E-state index in [0.717, 1.165) is 0 Å². The van der Waals surface area contributed by atoms with E-state index in [-0.39, 0.29) is 12.3 Å². The van der Waals surface area contributed by atoms with Crippen molar-refractivity contribution in [2.24, 2.45) is 0 Å². The Balaban J connectivity index is 2.64. The summed E-state index contributed by atoms with van der Waals surface area (Å²) >= 11 is 0. The van der Waals surface area contributed by atoms with Crippen LogP contribution in [0, 0.1) is 10.1 Å². The first-order chi connectivity index (χ1) is 9.50. The van der Waals surface area contributed by atoms with Crippen molar-refractivity contribution in [1.82, 2.24) is 4.98 Å². The fourth-order valence-electron chi connectivity index (χ4n) is 1.94. The molecule has 0 aliphatic rings. The van der Waals surface area contributed by atoms with Gasteiger partial charge in [0, 0.05) is 5.39 Å².